The van der Waals surface area contributed by atoms with E-state index in [9.17, 15) is 0 Å². The van der Waals surface area contributed by atoms with E-state index in [4.69, 9.17) is 5.73 Å². The number of nitrogen functional groups attached to an aromatic ring is 1. The van der Waals surface area contributed by atoms with E-state index in [1.807, 2.05) is 24.3 Å². The minimum atomic E-state index is 0.417. The van der Waals surface area contributed by atoms with Crippen LogP contribution in [0.5, 0.6) is 0 Å². The highest BCUT2D eigenvalue weighted by Gasteiger charge is 1.96. The Hall–Kier alpha value is -1.62. The molecule has 0 saturated carbocycles. The fourth-order valence-electron chi connectivity index (χ4n) is 1.26. The van der Waals surface area contributed by atoms with Gasteiger partial charge in [0.2, 0.25) is 0 Å². The van der Waals surface area contributed by atoms with Gasteiger partial charge in [-0.3, -0.25) is 4.98 Å². The predicted molar refractivity (Wildman–Crippen MR) is 67.9 cm³/mol. The molecule has 16 heavy (non-hydrogen) atoms. The van der Waals surface area contributed by atoms with Gasteiger partial charge in [-0.2, -0.15) is 0 Å². The van der Waals surface area contributed by atoms with E-state index in [1.54, 1.807) is 6.20 Å². The number of hydrogen-bond acceptors (Lipinski definition) is 4. The maximum atomic E-state index is 5.53. The minimum Gasteiger partial charge on any atom is -0.382 e. The van der Waals surface area contributed by atoms with Gasteiger partial charge in [0.25, 0.3) is 0 Å². The van der Waals surface area contributed by atoms with Gasteiger partial charge in [-0.15, -0.1) is 0 Å². The van der Waals surface area contributed by atoms with Crippen molar-refractivity contribution >= 4 is 27.6 Å². The third kappa shape index (κ3) is 2.93. The number of anilines is 2. The molecule has 0 aliphatic carbocycles. The Labute approximate surface area is 102 Å². The average molecular weight is 279 g/mol. The molecule has 0 aliphatic rings. The number of hydrogen-bond donors (Lipinski definition) is 2. The van der Waals surface area contributed by atoms with Crippen LogP contribution in [0.15, 0.2) is 41.1 Å². The third-order valence-corrected chi connectivity index (χ3v) is 2.57. The first kappa shape index (κ1) is 10.9. The molecule has 0 unspecified atom stereocenters. The van der Waals surface area contributed by atoms with Gasteiger partial charge in [0, 0.05) is 11.0 Å². The number of nitrogens with zero attached hydrogens (tertiary/aromatic N) is 2. The predicted octanol–water partition coefficient (Wildman–Crippen LogP) is 2.43. The van der Waals surface area contributed by atoms with E-state index in [0.717, 1.165) is 4.47 Å². The molecule has 2 aromatic rings. The van der Waals surface area contributed by atoms with Crippen LogP contribution in [-0.4, -0.2) is 9.97 Å². The number of halogens is 1. The fraction of sp³-hybridized carbons (Fsp3) is 0.0909. The Morgan fingerprint density at radius 1 is 1.19 bits per heavy atom. The fourth-order valence-corrected chi connectivity index (χ4v) is 1.53. The molecule has 1 heterocycles. The summed E-state index contributed by atoms with van der Waals surface area (Å²) in [5.41, 5.74) is 6.70. The number of nitrogens with one attached hydrogen (secondary N) is 1. The molecule has 0 spiro atoms. The summed E-state index contributed by atoms with van der Waals surface area (Å²) in [5.74, 6) is 1.10. The van der Waals surface area contributed by atoms with Gasteiger partial charge in [-0.1, -0.05) is 28.1 Å². The monoisotopic (exact) mass is 278 g/mol. The lowest BCUT2D eigenvalue weighted by Gasteiger charge is -2.05. The summed E-state index contributed by atoms with van der Waals surface area (Å²) in [7, 11) is 0. The number of rotatable bonds is 3. The maximum Gasteiger partial charge on any atom is 0.147 e. The number of aromatic nitrogens is 2. The molecule has 0 bridgehead atoms. The molecule has 0 atom stereocenters. The molecule has 0 fully saturated rings. The molecule has 0 amide bonds. The molecule has 2 rings (SSSR count). The second-order valence-corrected chi connectivity index (χ2v) is 4.22. The van der Waals surface area contributed by atoms with Crippen molar-refractivity contribution in [1.29, 1.82) is 0 Å². The van der Waals surface area contributed by atoms with Crippen LogP contribution in [0, 0.1) is 0 Å². The zero-order valence-electron chi connectivity index (χ0n) is 8.52. The van der Waals surface area contributed by atoms with E-state index in [-0.39, 0.29) is 0 Å². The lowest BCUT2D eigenvalue weighted by Crippen LogP contribution is -2.03. The van der Waals surface area contributed by atoms with Gasteiger partial charge in [-0.05, 0) is 17.7 Å². The zero-order chi connectivity index (χ0) is 11.4. The van der Waals surface area contributed by atoms with Crippen molar-refractivity contribution in [2.24, 2.45) is 0 Å². The number of nitrogens with two attached hydrogens (primary N) is 1. The molecule has 82 valence electrons. The summed E-state index contributed by atoms with van der Waals surface area (Å²) in [4.78, 5) is 8.05. The molecular formula is C11H11BrN4. The lowest BCUT2D eigenvalue weighted by atomic mass is 10.2. The highest BCUT2D eigenvalue weighted by Crippen LogP contribution is 2.12. The summed E-state index contributed by atoms with van der Waals surface area (Å²) >= 11 is 3.39. The van der Waals surface area contributed by atoms with E-state index in [1.165, 1.54) is 11.8 Å². The summed E-state index contributed by atoms with van der Waals surface area (Å²) in [5, 5.41) is 3.15. The van der Waals surface area contributed by atoms with Crippen molar-refractivity contribution in [2.75, 3.05) is 11.1 Å². The van der Waals surface area contributed by atoms with Gasteiger partial charge in [0.15, 0.2) is 0 Å². The quantitative estimate of drug-likeness (QED) is 0.905. The third-order valence-electron chi connectivity index (χ3n) is 2.04. The van der Waals surface area contributed by atoms with Crippen LogP contribution in [0.1, 0.15) is 5.56 Å². The van der Waals surface area contributed by atoms with E-state index in [2.05, 4.69) is 31.2 Å². The number of benzene rings is 1. The van der Waals surface area contributed by atoms with E-state index in [0.29, 0.717) is 18.2 Å². The molecule has 0 saturated heterocycles. The zero-order valence-corrected chi connectivity index (χ0v) is 10.1. The second kappa shape index (κ2) is 4.94. The van der Waals surface area contributed by atoms with Crippen molar-refractivity contribution < 1.29 is 0 Å². The van der Waals surface area contributed by atoms with Gasteiger partial charge < -0.3 is 11.1 Å². The van der Waals surface area contributed by atoms with Crippen molar-refractivity contribution in [3.05, 3.63) is 46.7 Å². The summed E-state index contributed by atoms with van der Waals surface area (Å²) in [6, 6.07) is 8.08. The van der Waals surface area contributed by atoms with Crippen LogP contribution in [0.2, 0.25) is 0 Å². The van der Waals surface area contributed by atoms with Crippen LogP contribution in [0.3, 0.4) is 0 Å². The first-order chi connectivity index (χ1) is 7.74. The Balaban J connectivity index is 1.99. The first-order valence-corrected chi connectivity index (χ1v) is 5.59. The van der Waals surface area contributed by atoms with E-state index < -0.39 is 0 Å². The molecule has 1 aromatic carbocycles. The lowest BCUT2D eigenvalue weighted by molar-refractivity contribution is 1.09. The first-order valence-electron chi connectivity index (χ1n) is 4.80. The Kier molecular flexibility index (Phi) is 3.36. The van der Waals surface area contributed by atoms with Crippen molar-refractivity contribution in [1.82, 2.24) is 9.97 Å². The molecule has 0 radical (unpaired) electrons. The molecule has 5 heteroatoms. The highest BCUT2D eigenvalue weighted by molar-refractivity contribution is 9.10. The van der Waals surface area contributed by atoms with Gasteiger partial charge in [-0.25, -0.2) is 4.98 Å². The Morgan fingerprint density at radius 2 is 1.94 bits per heavy atom. The topological polar surface area (TPSA) is 63.8 Å². The van der Waals surface area contributed by atoms with E-state index >= 15 is 0 Å². The summed E-state index contributed by atoms with van der Waals surface area (Å²) in [6.45, 7) is 0.700. The van der Waals surface area contributed by atoms with Crippen molar-refractivity contribution in [3.63, 3.8) is 0 Å². The molecular weight excluding hydrogens is 268 g/mol. The maximum absolute atomic E-state index is 5.53. The van der Waals surface area contributed by atoms with Crippen molar-refractivity contribution in [2.45, 2.75) is 6.54 Å². The van der Waals surface area contributed by atoms with Crippen LogP contribution >= 0.6 is 15.9 Å². The highest BCUT2D eigenvalue weighted by atomic mass is 79.9. The molecule has 1 aromatic heterocycles. The Bertz CT molecular complexity index is 470. The molecule has 0 aliphatic heterocycles. The van der Waals surface area contributed by atoms with Gasteiger partial charge in [0.1, 0.15) is 11.6 Å². The SMILES string of the molecule is Nc1cncc(NCc2ccc(Br)cc2)n1. The minimum absolute atomic E-state index is 0.417. The van der Waals surface area contributed by atoms with Crippen LogP contribution < -0.4 is 11.1 Å². The van der Waals surface area contributed by atoms with Gasteiger partial charge in [0.05, 0.1) is 12.4 Å². The average Bonchev–Trinajstić information content (AvgIpc) is 2.28. The Morgan fingerprint density at radius 3 is 2.62 bits per heavy atom. The molecule has 3 N–H and O–H groups in total. The second-order valence-electron chi connectivity index (χ2n) is 3.31. The largest absolute Gasteiger partial charge is 0.382 e. The molecule has 4 nitrogen and oxygen atoms in total. The van der Waals surface area contributed by atoms with Crippen LogP contribution in [-0.2, 0) is 6.54 Å². The van der Waals surface area contributed by atoms with Gasteiger partial charge >= 0.3 is 0 Å². The normalized spacial score (nSPS) is 10.1. The standard InChI is InChI=1S/C11H11BrN4/c12-9-3-1-8(2-4-9)5-15-11-7-14-6-10(13)16-11/h1-4,6-7H,5H2,(H3,13,15,16). The van der Waals surface area contributed by atoms with Crippen molar-refractivity contribution in [3.8, 4) is 0 Å². The van der Waals surface area contributed by atoms with Crippen LogP contribution in [0.25, 0.3) is 0 Å². The smallest absolute Gasteiger partial charge is 0.147 e. The summed E-state index contributed by atoms with van der Waals surface area (Å²) < 4.78 is 1.07. The summed E-state index contributed by atoms with van der Waals surface area (Å²) in [6.07, 6.45) is 3.17. The van der Waals surface area contributed by atoms with Crippen LogP contribution in [0.4, 0.5) is 11.6 Å².